The normalized spacial score (nSPS) is 10.1. The Morgan fingerprint density at radius 3 is 2.71 bits per heavy atom. The van der Waals surface area contributed by atoms with Crippen molar-refractivity contribution in [2.45, 2.75) is 13.3 Å². The SMILES string of the molecule is CCc1csc(Oc2ccccc2)n1. The van der Waals surface area contributed by atoms with Gasteiger partial charge in [-0.3, -0.25) is 0 Å². The molecule has 0 aliphatic carbocycles. The van der Waals surface area contributed by atoms with Crippen LogP contribution in [0.3, 0.4) is 0 Å². The van der Waals surface area contributed by atoms with Crippen molar-refractivity contribution in [3.63, 3.8) is 0 Å². The highest BCUT2D eigenvalue weighted by Crippen LogP contribution is 2.24. The summed E-state index contributed by atoms with van der Waals surface area (Å²) in [4.78, 5) is 4.32. The molecule has 2 nitrogen and oxygen atoms in total. The summed E-state index contributed by atoms with van der Waals surface area (Å²) >= 11 is 1.54. The van der Waals surface area contributed by atoms with Crippen LogP contribution in [0.1, 0.15) is 12.6 Å². The molecule has 14 heavy (non-hydrogen) atoms. The molecule has 0 amide bonds. The second kappa shape index (κ2) is 4.24. The number of aromatic nitrogens is 1. The molecule has 0 bridgehead atoms. The molecule has 0 saturated carbocycles. The monoisotopic (exact) mass is 205 g/mol. The van der Waals surface area contributed by atoms with Crippen LogP contribution in [0, 0.1) is 0 Å². The van der Waals surface area contributed by atoms with Crippen molar-refractivity contribution in [3.8, 4) is 10.9 Å². The van der Waals surface area contributed by atoms with Gasteiger partial charge in [0.2, 0.25) is 0 Å². The van der Waals surface area contributed by atoms with E-state index in [2.05, 4.69) is 11.9 Å². The van der Waals surface area contributed by atoms with Gasteiger partial charge in [-0.15, -0.1) is 0 Å². The van der Waals surface area contributed by atoms with Gasteiger partial charge < -0.3 is 4.74 Å². The first-order valence-corrected chi connectivity index (χ1v) is 5.43. The van der Waals surface area contributed by atoms with E-state index in [9.17, 15) is 0 Å². The molecule has 0 radical (unpaired) electrons. The molecule has 3 heteroatoms. The average molecular weight is 205 g/mol. The molecule has 0 aliphatic heterocycles. The summed E-state index contributed by atoms with van der Waals surface area (Å²) in [6.45, 7) is 2.08. The maximum Gasteiger partial charge on any atom is 0.278 e. The number of ether oxygens (including phenoxy) is 1. The molecule has 1 aromatic heterocycles. The summed E-state index contributed by atoms with van der Waals surface area (Å²) < 4.78 is 5.57. The van der Waals surface area contributed by atoms with Gasteiger partial charge in [0.15, 0.2) is 0 Å². The van der Waals surface area contributed by atoms with E-state index in [-0.39, 0.29) is 0 Å². The Kier molecular flexibility index (Phi) is 2.79. The van der Waals surface area contributed by atoms with Crippen LogP contribution in [0.25, 0.3) is 0 Å². The molecule has 0 unspecified atom stereocenters. The summed E-state index contributed by atoms with van der Waals surface area (Å²) in [5.41, 5.74) is 1.08. The number of aryl methyl sites for hydroxylation is 1. The van der Waals surface area contributed by atoms with E-state index in [1.54, 1.807) is 0 Å². The lowest BCUT2D eigenvalue weighted by Crippen LogP contribution is -1.83. The third kappa shape index (κ3) is 2.12. The van der Waals surface area contributed by atoms with Gasteiger partial charge in [0.25, 0.3) is 5.19 Å². The molecule has 2 aromatic rings. The quantitative estimate of drug-likeness (QED) is 0.765. The number of nitrogens with zero attached hydrogens (tertiary/aromatic N) is 1. The minimum atomic E-state index is 0.716. The van der Waals surface area contributed by atoms with Crippen molar-refractivity contribution in [1.82, 2.24) is 4.98 Å². The fourth-order valence-electron chi connectivity index (χ4n) is 1.09. The summed E-state index contributed by atoms with van der Waals surface area (Å²) in [5.74, 6) is 0.838. The molecule has 0 fully saturated rings. The molecule has 0 aliphatic rings. The molecule has 0 saturated heterocycles. The maximum atomic E-state index is 5.57. The van der Waals surface area contributed by atoms with Crippen molar-refractivity contribution < 1.29 is 4.74 Å². The van der Waals surface area contributed by atoms with Crippen LogP contribution >= 0.6 is 11.3 Å². The number of hydrogen-bond donors (Lipinski definition) is 0. The fraction of sp³-hybridized carbons (Fsp3) is 0.182. The second-order valence-corrected chi connectivity index (χ2v) is 3.69. The van der Waals surface area contributed by atoms with E-state index in [0.717, 1.165) is 17.9 Å². The molecule has 72 valence electrons. The van der Waals surface area contributed by atoms with Crippen molar-refractivity contribution in [3.05, 3.63) is 41.4 Å². The van der Waals surface area contributed by atoms with Gasteiger partial charge in [-0.2, -0.15) is 0 Å². The molecular formula is C11H11NOS. The van der Waals surface area contributed by atoms with E-state index in [1.165, 1.54) is 11.3 Å². The number of hydrogen-bond acceptors (Lipinski definition) is 3. The Bertz CT molecular complexity index is 397. The zero-order chi connectivity index (χ0) is 9.80. The molecule has 1 aromatic carbocycles. The van der Waals surface area contributed by atoms with Crippen LogP contribution in [0.5, 0.6) is 10.9 Å². The Balaban J connectivity index is 2.11. The van der Waals surface area contributed by atoms with Gasteiger partial charge in [-0.05, 0) is 18.6 Å². The third-order valence-electron chi connectivity index (χ3n) is 1.84. The van der Waals surface area contributed by atoms with Crippen LogP contribution in [-0.4, -0.2) is 4.98 Å². The minimum Gasteiger partial charge on any atom is -0.431 e. The summed E-state index contributed by atoms with van der Waals surface area (Å²) in [6.07, 6.45) is 0.953. The highest BCUT2D eigenvalue weighted by atomic mass is 32.1. The second-order valence-electron chi connectivity index (χ2n) is 2.87. The predicted molar refractivity (Wildman–Crippen MR) is 58.0 cm³/mol. The first-order valence-electron chi connectivity index (χ1n) is 4.56. The average Bonchev–Trinajstić information content (AvgIpc) is 2.67. The first kappa shape index (κ1) is 9.21. The summed E-state index contributed by atoms with van der Waals surface area (Å²) in [7, 11) is 0. The molecule has 0 N–H and O–H groups in total. The molecule has 2 rings (SSSR count). The van der Waals surface area contributed by atoms with Crippen molar-refractivity contribution in [2.75, 3.05) is 0 Å². The Labute approximate surface area is 87.2 Å². The van der Waals surface area contributed by atoms with Crippen molar-refractivity contribution in [2.24, 2.45) is 0 Å². The zero-order valence-electron chi connectivity index (χ0n) is 7.93. The number of rotatable bonds is 3. The van der Waals surface area contributed by atoms with Crippen LogP contribution < -0.4 is 4.74 Å². The van der Waals surface area contributed by atoms with E-state index in [4.69, 9.17) is 4.74 Å². The topological polar surface area (TPSA) is 22.1 Å². The summed E-state index contributed by atoms with van der Waals surface area (Å²) in [5, 5.41) is 2.74. The number of para-hydroxylation sites is 1. The highest BCUT2D eigenvalue weighted by molar-refractivity contribution is 7.11. The lowest BCUT2D eigenvalue weighted by atomic mass is 10.3. The van der Waals surface area contributed by atoms with Crippen LogP contribution in [0.2, 0.25) is 0 Å². The lowest BCUT2D eigenvalue weighted by Gasteiger charge is -1.99. The largest absolute Gasteiger partial charge is 0.431 e. The van der Waals surface area contributed by atoms with Crippen molar-refractivity contribution in [1.29, 1.82) is 0 Å². The number of thiazole rings is 1. The standard InChI is InChI=1S/C11H11NOS/c1-2-9-8-14-11(12-9)13-10-6-4-3-5-7-10/h3-8H,2H2,1H3. The Morgan fingerprint density at radius 1 is 1.29 bits per heavy atom. The van der Waals surface area contributed by atoms with Gasteiger partial charge >= 0.3 is 0 Å². The molecular weight excluding hydrogens is 194 g/mol. The smallest absolute Gasteiger partial charge is 0.278 e. The van der Waals surface area contributed by atoms with E-state index in [0.29, 0.717) is 5.19 Å². The van der Waals surface area contributed by atoms with E-state index >= 15 is 0 Å². The maximum absolute atomic E-state index is 5.57. The zero-order valence-corrected chi connectivity index (χ0v) is 8.75. The Hall–Kier alpha value is -1.35. The molecule has 0 atom stereocenters. The van der Waals surface area contributed by atoms with Gasteiger partial charge in [0.1, 0.15) is 5.75 Å². The number of benzene rings is 1. The molecule has 0 spiro atoms. The van der Waals surface area contributed by atoms with Crippen LogP contribution in [-0.2, 0) is 6.42 Å². The van der Waals surface area contributed by atoms with E-state index in [1.807, 2.05) is 35.7 Å². The van der Waals surface area contributed by atoms with Crippen LogP contribution in [0.15, 0.2) is 35.7 Å². The van der Waals surface area contributed by atoms with E-state index < -0.39 is 0 Å². The van der Waals surface area contributed by atoms with Crippen molar-refractivity contribution >= 4 is 11.3 Å². The van der Waals surface area contributed by atoms with Crippen LogP contribution in [0.4, 0.5) is 0 Å². The third-order valence-corrected chi connectivity index (χ3v) is 2.61. The Morgan fingerprint density at radius 2 is 2.07 bits per heavy atom. The minimum absolute atomic E-state index is 0.716. The summed E-state index contributed by atoms with van der Waals surface area (Å²) in [6, 6.07) is 9.71. The lowest BCUT2D eigenvalue weighted by molar-refractivity contribution is 0.477. The fourth-order valence-corrected chi connectivity index (χ4v) is 1.86. The van der Waals surface area contributed by atoms with Gasteiger partial charge in [0.05, 0.1) is 5.69 Å². The van der Waals surface area contributed by atoms with Gasteiger partial charge in [-0.25, -0.2) is 4.98 Å². The predicted octanol–water partition coefficient (Wildman–Crippen LogP) is 3.50. The van der Waals surface area contributed by atoms with Gasteiger partial charge in [0, 0.05) is 5.38 Å². The van der Waals surface area contributed by atoms with Gasteiger partial charge in [-0.1, -0.05) is 36.5 Å². The first-order chi connectivity index (χ1) is 6.88. The molecule has 1 heterocycles. The highest BCUT2D eigenvalue weighted by Gasteiger charge is 2.01.